The van der Waals surface area contributed by atoms with E-state index >= 15 is 0 Å². The van der Waals surface area contributed by atoms with Crippen molar-refractivity contribution in [1.29, 1.82) is 0 Å². The maximum atomic E-state index is 13.0. The number of carbonyl (C=O) groups excluding carboxylic acids is 1. The summed E-state index contributed by atoms with van der Waals surface area (Å²) in [6, 6.07) is 11.0. The topological polar surface area (TPSA) is 29.1 Å². The highest BCUT2D eigenvalue weighted by Crippen LogP contribution is 2.45. The Balaban J connectivity index is 1.82. The average Bonchev–Trinajstić information content (AvgIpc) is 3.20. The number of rotatable bonds is 3. The number of hydrogen-bond acceptors (Lipinski definition) is 1. The van der Waals surface area contributed by atoms with Gasteiger partial charge in [-0.1, -0.05) is 35.3 Å². The van der Waals surface area contributed by atoms with Crippen molar-refractivity contribution >= 4 is 29.1 Å². The Morgan fingerprint density at radius 1 is 1.10 bits per heavy atom. The van der Waals surface area contributed by atoms with Crippen LogP contribution in [0.15, 0.2) is 42.5 Å². The third-order valence-corrected chi connectivity index (χ3v) is 4.22. The predicted molar refractivity (Wildman–Crippen MR) is 81.2 cm³/mol. The van der Waals surface area contributed by atoms with Crippen LogP contribution in [0, 0.1) is 5.82 Å². The first-order chi connectivity index (χ1) is 10.00. The zero-order valence-corrected chi connectivity index (χ0v) is 12.5. The van der Waals surface area contributed by atoms with Crippen LogP contribution in [-0.2, 0) is 5.54 Å². The quantitative estimate of drug-likeness (QED) is 0.881. The molecule has 0 aliphatic heterocycles. The van der Waals surface area contributed by atoms with Gasteiger partial charge in [-0.2, -0.15) is 0 Å². The Hall–Kier alpha value is -1.58. The fourth-order valence-corrected chi connectivity index (χ4v) is 2.83. The van der Waals surface area contributed by atoms with Crippen LogP contribution in [0.1, 0.15) is 28.8 Å². The maximum absolute atomic E-state index is 13.0. The second-order valence-electron chi connectivity index (χ2n) is 5.17. The molecule has 3 rings (SSSR count). The van der Waals surface area contributed by atoms with Gasteiger partial charge in [0.1, 0.15) is 5.82 Å². The third-order valence-electron chi connectivity index (χ3n) is 3.68. The number of nitrogens with one attached hydrogen (secondary N) is 1. The molecule has 2 nitrogen and oxygen atoms in total. The van der Waals surface area contributed by atoms with Crippen molar-refractivity contribution in [3.8, 4) is 0 Å². The van der Waals surface area contributed by atoms with Crippen molar-refractivity contribution in [2.45, 2.75) is 18.4 Å². The van der Waals surface area contributed by atoms with Crippen molar-refractivity contribution in [1.82, 2.24) is 5.32 Å². The van der Waals surface area contributed by atoms with Gasteiger partial charge in [0.15, 0.2) is 0 Å². The van der Waals surface area contributed by atoms with E-state index in [1.165, 1.54) is 18.2 Å². The molecule has 0 radical (unpaired) electrons. The summed E-state index contributed by atoms with van der Waals surface area (Å²) >= 11 is 11.9. The minimum Gasteiger partial charge on any atom is -0.342 e. The lowest BCUT2D eigenvalue weighted by Gasteiger charge is -2.18. The van der Waals surface area contributed by atoms with E-state index < -0.39 is 5.54 Å². The highest BCUT2D eigenvalue weighted by atomic mass is 35.5. The Bertz CT molecular complexity index is 696. The standard InChI is InChI=1S/C16H12Cl2FNO/c17-11-3-6-13(14(18)9-11)15(21)20-16(7-8-16)10-1-4-12(19)5-2-10/h1-6,9H,7-8H2,(H,20,21). The zero-order chi connectivity index (χ0) is 15.0. The minimum absolute atomic E-state index is 0.251. The van der Waals surface area contributed by atoms with Crippen molar-refractivity contribution in [2.75, 3.05) is 0 Å². The van der Waals surface area contributed by atoms with Gasteiger partial charge in [-0.25, -0.2) is 4.39 Å². The summed E-state index contributed by atoms with van der Waals surface area (Å²) in [6.45, 7) is 0. The van der Waals surface area contributed by atoms with Crippen molar-refractivity contribution in [2.24, 2.45) is 0 Å². The fraction of sp³-hybridized carbons (Fsp3) is 0.188. The minimum atomic E-state index is -0.409. The van der Waals surface area contributed by atoms with Crippen LogP contribution in [0.3, 0.4) is 0 Å². The molecule has 1 saturated carbocycles. The van der Waals surface area contributed by atoms with Crippen LogP contribution in [0.2, 0.25) is 10.0 Å². The zero-order valence-electron chi connectivity index (χ0n) is 11.0. The second kappa shape index (κ2) is 5.32. The van der Waals surface area contributed by atoms with E-state index in [1.807, 2.05) is 0 Å². The van der Waals surface area contributed by atoms with Crippen LogP contribution < -0.4 is 5.32 Å². The largest absolute Gasteiger partial charge is 0.342 e. The van der Waals surface area contributed by atoms with Crippen LogP contribution in [0.5, 0.6) is 0 Å². The highest BCUT2D eigenvalue weighted by molar-refractivity contribution is 6.36. The molecule has 1 amide bonds. The maximum Gasteiger partial charge on any atom is 0.253 e. The van der Waals surface area contributed by atoms with Crippen molar-refractivity contribution in [3.05, 3.63) is 69.5 Å². The van der Waals surface area contributed by atoms with E-state index in [2.05, 4.69) is 5.32 Å². The van der Waals surface area contributed by atoms with E-state index in [4.69, 9.17) is 23.2 Å². The monoisotopic (exact) mass is 323 g/mol. The summed E-state index contributed by atoms with van der Waals surface area (Å²) in [4.78, 5) is 12.4. The predicted octanol–water partition coefficient (Wildman–Crippen LogP) is 4.55. The molecule has 1 aliphatic carbocycles. The number of carbonyl (C=O) groups is 1. The molecular weight excluding hydrogens is 312 g/mol. The summed E-state index contributed by atoms with van der Waals surface area (Å²) in [7, 11) is 0. The molecule has 0 heterocycles. The molecule has 0 spiro atoms. The summed E-state index contributed by atoms with van der Waals surface area (Å²) in [5.41, 5.74) is 0.880. The van der Waals surface area contributed by atoms with Crippen molar-refractivity contribution in [3.63, 3.8) is 0 Å². The lowest BCUT2D eigenvalue weighted by molar-refractivity contribution is 0.0931. The van der Waals surface area contributed by atoms with Gasteiger partial charge in [0, 0.05) is 5.02 Å². The average molecular weight is 324 g/mol. The molecular formula is C16H12Cl2FNO. The van der Waals surface area contributed by atoms with Gasteiger partial charge < -0.3 is 5.32 Å². The number of hydrogen-bond donors (Lipinski definition) is 1. The van der Waals surface area contributed by atoms with Gasteiger partial charge >= 0.3 is 0 Å². The Morgan fingerprint density at radius 3 is 2.33 bits per heavy atom. The van der Waals surface area contributed by atoms with E-state index in [1.54, 1.807) is 24.3 Å². The Labute approximate surface area is 131 Å². The fourth-order valence-electron chi connectivity index (χ4n) is 2.34. The van der Waals surface area contributed by atoms with E-state index in [0.717, 1.165) is 18.4 Å². The van der Waals surface area contributed by atoms with E-state index in [-0.39, 0.29) is 11.7 Å². The van der Waals surface area contributed by atoms with Crippen LogP contribution in [0.4, 0.5) is 4.39 Å². The summed E-state index contributed by atoms with van der Waals surface area (Å²) in [5, 5.41) is 3.79. The molecule has 2 aromatic rings. The van der Waals surface area contributed by atoms with Crippen LogP contribution in [0.25, 0.3) is 0 Å². The molecule has 21 heavy (non-hydrogen) atoms. The Kier molecular flexibility index (Phi) is 3.64. The third kappa shape index (κ3) is 2.89. The number of amides is 1. The number of halogens is 3. The molecule has 0 unspecified atom stereocenters. The first kappa shape index (κ1) is 14.4. The first-order valence-electron chi connectivity index (χ1n) is 6.54. The molecule has 5 heteroatoms. The summed E-state index contributed by atoms with van der Waals surface area (Å²) < 4.78 is 13.0. The first-order valence-corrected chi connectivity index (χ1v) is 7.29. The molecule has 1 N–H and O–H groups in total. The normalized spacial score (nSPS) is 15.6. The molecule has 108 valence electrons. The van der Waals surface area contributed by atoms with Crippen molar-refractivity contribution < 1.29 is 9.18 Å². The lowest BCUT2D eigenvalue weighted by Crippen LogP contribution is -2.35. The summed E-state index contributed by atoms with van der Waals surface area (Å²) in [6.07, 6.45) is 1.66. The lowest BCUT2D eigenvalue weighted by atomic mass is 10.0. The molecule has 1 fully saturated rings. The molecule has 1 aliphatic rings. The van der Waals surface area contributed by atoms with Crippen LogP contribution >= 0.6 is 23.2 Å². The van der Waals surface area contributed by atoms with Gasteiger partial charge in [-0.3, -0.25) is 4.79 Å². The van der Waals surface area contributed by atoms with E-state index in [0.29, 0.717) is 15.6 Å². The smallest absolute Gasteiger partial charge is 0.253 e. The SMILES string of the molecule is O=C(NC1(c2ccc(F)cc2)CC1)c1ccc(Cl)cc1Cl. The van der Waals surface area contributed by atoms with Gasteiger partial charge in [-0.05, 0) is 48.7 Å². The number of benzene rings is 2. The molecule has 0 aromatic heterocycles. The molecule has 2 aromatic carbocycles. The Morgan fingerprint density at radius 2 is 1.76 bits per heavy atom. The van der Waals surface area contributed by atoms with Gasteiger partial charge in [0.25, 0.3) is 5.91 Å². The van der Waals surface area contributed by atoms with E-state index in [9.17, 15) is 9.18 Å². The molecule has 0 atom stereocenters. The molecule has 0 bridgehead atoms. The summed E-state index contributed by atoms with van der Waals surface area (Å²) in [5.74, 6) is -0.542. The van der Waals surface area contributed by atoms with Crippen LogP contribution in [-0.4, -0.2) is 5.91 Å². The second-order valence-corrected chi connectivity index (χ2v) is 6.01. The highest BCUT2D eigenvalue weighted by Gasteiger charge is 2.45. The van der Waals surface area contributed by atoms with Gasteiger partial charge in [0.05, 0.1) is 16.1 Å². The van der Waals surface area contributed by atoms with Gasteiger partial charge in [0.2, 0.25) is 0 Å². The molecule has 0 saturated heterocycles. The van der Waals surface area contributed by atoms with Gasteiger partial charge in [-0.15, -0.1) is 0 Å².